The third-order valence-corrected chi connectivity index (χ3v) is 7.48. The number of benzene rings is 1. The number of carbonyl (C=O) groups is 1. The highest BCUT2D eigenvalue weighted by molar-refractivity contribution is 7.89. The normalized spacial score (nSPS) is 16.1. The van der Waals surface area contributed by atoms with Gasteiger partial charge in [0.1, 0.15) is 17.3 Å². The second kappa shape index (κ2) is 8.06. The highest BCUT2D eigenvalue weighted by atomic mass is 35.5. The lowest BCUT2D eigenvalue weighted by Gasteiger charge is -2.31. The Kier molecular flexibility index (Phi) is 5.58. The fourth-order valence-corrected chi connectivity index (χ4v) is 5.56. The third-order valence-electron chi connectivity index (χ3n) is 5.32. The Morgan fingerprint density at radius 2 is 1.97 bits per heavy atom. The van der Waals surface area contributed by atoms with E-state index in [1.54, 1.807) is 12.1 Å². The Morgan fingerprint density at radius 3 is 2.61 bits per heavy atom. The van der Waals surface area contributed by atoms with E-state index in [-0.39, 0.29) is 37.0 Å². The number of nitrogens with zero attached hydrogens (tertiary/aromatic N) is 4. The first kappa shape index (κ1) is 21.5. The zero-order valence-electron chi connectivity index (χ0n) is 16.1. The van der Waals surface area contributed by atoms with Gasteiger partial charge in [0, 0.05) is 30.4 Å². The summed E-state index contributed by atoms with van der Waals surface area (Å²) in [5, 5.41) is 9.24. The van der Waals surface area contributed by atoms with Gasteiger partial charge in [-0.05, 0) is 43.2 Å². The highest BCUT2D eigenvalue weighted by Crippen LogP contribution is 2.29. The van der Waals surface area contributed by atoms with E-state index in [1.807, 2.05) is 0 Å². The van der Waals surface area contributed by atoms with Crippen LogP contribution in [0.1, 0.15) is 18.9 Å². The van der Waals surface area contributed by atoms with Crippen LogP contribution in [0.25, 0.3) is 11.2 Å². The molecule has 12 heteroatoms. The van der Waals surface area contributed by atoms with Gasteiger partial charge in [-0.1, -0.05) is 11.6 Å². The molecule has 0 atom stereocenters. The van der Waals surface area contributed by atoms with Crippen LogP contribution < -0.4 is 5.69 Å². The Hall–Kier alpha value is -2.76. The predicted molar refractivity (Wildman–Crippen MR) is 110 cm³/mol. The lowest BCUT2D eigenvalue weighted by Crippen LogP contribution is -2.41. The molecular weight excluding hydrogens is 451 g/mol. The van der Waals surface area contributed by atoms with Crippen LogP contribution in [0.3, 0.4) is 0 Å². The molecule has 0 saturated carbocycles. The minimum Gasteiger partial charge on any atom is -0.480 e. The van der Waals surface area contributed by atoms with Gasteiger partial charge in [0.05, 0.1) is 5.52 Å². The van der Waals surface area contributed by atoms with Crippen molar-refractivity contribution >= 4 is 38.8 Å². The number of rotatable bonds is 5. The summed E-state index contributed by atoms with van der Waals surface area (Å²) in [5.41, 5.74) is 0.230. The number of hydrogen-bond donors (Lipinski definition) is 1. The van der Waals surface area contributed by atoms with Crippen LogP contribution in [-0.2, 0) is 21.4 Å². The van der Waals surface area contributed by atoms with Gasteiger partial charge in [0.2, 0.25) is 10.0 Å². The third kappa shape index (κ3) is 3.84. The van der Waals surface area contributed by atoms with Crippen LogP contribution in [-0.4, -0.2) is 51.0 Å². The molecular formula is C19H18ClFN4O5S. The van der Waals surface area contributed by atoms with Crippen molar-refractivity contribution in [3.05, 3.63) is 57.9 Å². The number of imidazole rings is 1. The summed E-state index contributed by atoms with van der Waals surface area (Å²) in [6, 6.07) is 6.25. The molecule has 1 fully saturated rings. The molecule has 2 aromatic heterocycles. The first-order valence-corrected chi connectivity index (χ1v) is 11.2. The monoisotopic (exact) mass is 468 g/mol. The first-order chi connectivity index (χ1) is 14.7. The maximum absolute atomic E-state index is 14.2. The van der Waals surface area contributed by atoms with Gasteiger partial charge in [-0.3, -0.25) is 13.9 Å². The molecule has 1 aliphatic heterocycles. The number of pyridine rings is 1. The fourth-order valence-electron chi connectivity index (χ4n) is 3.89. The van der Waals surface area contributed by atoms with Crippen molar-refractivity contribution in [2.75, 3.05) is 13.1 Å². The molecule has 0 unspecified atom stereocenters. The minimum absolute atomic E-state index is 0.0694. The van der Waals surface area contributed by atoms with Crippen molar-refractivity contribution < 1.29 is 22.7 Å². The number of fused-ring (bicyclic) bond motifs is 1. The molecule has 1 aromatic carbocycles. The number of carboxylic acids is 1. The molecule has 9 nitrogen and oxygen atoms in total. The lowest BCUT2D eigenvalue weighted by atomic mass is 10.1. The second-order valence-corrected chi connectivity index (χ2v) is 9.53. The van der Waals surface area contributed by atoms with E-state index in [9.17, 15) is 22.4 Å². The molecule has 3 aromatic rings. The maximum atomic E-state index is 14.2. The summed E-state index contributed by atoms with van der Waals surface area (Å²) in [5.74, 6) is -2.08. The summed E-state index contributed by atoms with van der Waals surface area (Å²) in [4.78, 5) is 27.9. The van der Waals surface area contributed by atoms with Crippen molar-refractivity contribution in [3.8, 4) is 0 Å². The van der Waals surface area contributed by atoms with Gasteiger partial charge in [-0.15, -0.1) is 0 Å². The number of aliphatic carboxylic acids is 1. The SMILES string of the molecule is O=C(O)Cn1c(=O)n(C2CCN(S(=O)(=O)c3ccc(Cl)cc3F)CC2)c2ncccc21. The Balaban J connectivity index is 1.62. The molecule has 3 heterocycles. The van der Waals surface area contributed by atoms with Gasteiger partial charge in [0.15, 0.2) is 5.65 Å². The predicted octanol–water partition coefficient (Wildman–Crippen LogP) is 2.10. The van der Waals surface area contributed by atoms with E-state index in [0.717, 1.165) is 16.7 Å². The molecule has 0 radical (unpaired) electrons. The molecule has 0 bridgehead atoms. The summed E-state index contributed by atoms with van der Waals surface area (Å²) in [7, 11) is -4.06. The van der Waals surface area contributed by atoms with Crippen molar-refractivity contribution in [1.29, 1.82) is 0 Å². The van der Waals surface area contributed by atoms with E-state index < -0.39 is 38.9 Å². The number of hydrogen-bond acceptors (Lipinski definition) is 5. The minimum atomic E-state index is -4.06. The Labute approximate surface area is 181 Å². The van der Waals surface area contributed by atoms with E-state index >= 15 is 0 Å². The van der Waals surface area contributed by atoms with Crippen LogP contribution in [0.4, 0.5) is 4.39 Å². The molecule has 0 aliphatic carbocycles. The zero-order chi connectivity index (χ0) is 22.3. The fraction of sp³-hybridized carbons (Fsp3) is 0.316. The molecule has 1 aliphatic rings. The van der Waals surface area contributed by atoms with Crippen molar-refractivity contribution in [2.45, 2.75) is 30.3 Å². The molecule has 0 spiro atoms. The molecule has 4 rings (SSSR count). The Morgan fingerprint density at radius 1 is 1.26 bits per heavy atom. The van der Waals surface area contributed by atoms with Crippen LogP contribution >= 0.6 is 11.6 Å². The number of carboxylic acid groups (broad SMARTS) is 1. The first-order valence-electron chi connectivity index (χ1n) is 9.43. The van der Waals surface area contributed by atoms with Gasteiger partial charge >= 0.3 is 11.7 Å². The van der Waals surface area contributed by atoms with Crippen LogP contribution in [0.15, 0.2) is 46.2 Å². The van der Waals surface area contributed by atoms with Crippen molar-refractivity contribution in [2.24, 2.45) is 0 Å². The van der Waals surface area contributed by atoms with Gasteiger partial charge in [0.25, 0.3) is 0 Å². The topological polar surface area (TPSA) is 114 Å². The summed E-state index contributed by atoms with van der Waals surface area (Å²) >= 11 is 5.71. The largest absolute Gasteiger partial charge is 0.480 e. The number of aromatic nitrogens is 3. The molecule has 31 heavy (non-hydrogen) atoms. The summed E-state index contributed by atoms with van der Waals surface area (Å²) in [6.45, 7) is -0.364. The number of halogens is 2. The Bertz CT molecular complexity index is 1330. The highest BCUT2D eigenvalue weighted by Gasteiger charge is 2.33. The van der Waals surface area contributed by atoms with E-state index in [2.05, 4.69) is 4.98 Å². The van der Waals surface area contributed by atoms with Crippen LogP contribution in [0.5, 0.6) is 0 Å². The lowest BCUT2D eigenvalue weighted by molar-refractivity contribution is -0.137. The van der Waals surface area contributed by atoms with E-state index in [1.165, 1.54) is 21.1 Å². The molecule has 0 amide bonds. The van der Waals surface area contributed by atoms with Crippen LogP contribution in [0, 0.1) is 5.82 Å². The number of piperidine rings is 1. The molecule has 1 saturated heterocycles. The van der Waals surface area contributed by atoms with Gasteiger partial charge in [-0.25, -0.2) is 22.6 Å². The van der Waals surface area contributed by atoms with Gasteiger partial charge < -0.3 is 5.11 Å². The van der Waals surface area contributed by atoms with Crippen molar-refractivity contribution in [1.82, 2.24) is 18.4 Å². The van der Waals surface area contributed by atoms with Crippen molar-refractivity contribution in [3.63, 3.8) is 0 Å². The maximum Gasteiger partial charge on any atom is 0.331 e. The smallest absolute Gasteiger partial charge is 0.331 e. The molecule has 164 valence electrons. The second-order valence-electron chi connectivity index (χ2n) is 7.19. The average molecular weight is 469 g/mol. The van der Waals surface area contributed by atoms with Crippen LogP contribution in [0.2, 0.25) is 5.02 Å². The molecule has 1 N–H and O–H groups in total. The average Bonchev–Trinajstić information content (AvgIpc) is 2.99. The summed E-state index contributed by atoms with van der Waals surface area (Å²) < 4.78 is 43.6. The summed E-state index contributed by atoms with van der Waals surface area (Å²) in [6.07, 6.45) is 2.08. The standard InChI is InChI=1S/C19H18ClFN4O5S/c20-12-3-4-16(14(21)10-12)31(29,30)23-8-5-13(6-9-23)25-18-15(2-1-7-22-18)24(19(25)28)11-17(26)27/h1-4,7,10,13H,5-6,8-9,11H2,(H,26,27). The quantitative estimate of drug-likeness (QED) is 0.613. The zero-order valence-corrected chi connectivity index (χ0v) is 17.7. The van der Waals surface area contributed by atoms with E-state index in [0.29, 0.717) is 11.2 Å². The van der Waals surface area contributed by atoms with E-state index in [4.69, 9.17) is 16.7 Å². The number of sulfonamides is 1. The van der Waals surface area contributed by atoms with Gasteiger partial charge in [-0.2, -0.15) is 4.31 Å².